The summed E-state index contributed by atoms with van der Waals surface area (Å²) in [6, 6.07) is 3.80. The van der Waals surface area contributed by atoms with Gasteiger partial charge in [0.15, 0.2) is 9.84 Å². The molecule has 0 aromatic carbocycles. The molecule has 92 valence electrons. The molecule has 0 fully saturated rings. The third kappa shape index (κ3) is 3.57. The summed E-state index contributed by atoms with van der Waals surface area (Å²) in [4.78, 5) is 2.48. The molecule has 1 rings (SSSR count). The average Bonchev–Trinajstić information content (AvgIpc) is 2.63. The Morgan fingerprint density at radius 1 is 1.38 bits per heavy atom. The zero-order valence-corrected chi connectivity index (χ0v) is 11.6. The van der Waals surface area contributed by atoms with Crippen LogP contribution in [0, 0.1) is 0 Å². The van der Waals surface area contributed by atoms with Crippen molar-refractivity contribution in [1.82, 2.24) is 0 Å². The molecule has 2 unspecified atom stereocenters. The highest BCUT2D eigenvalue weighted by Gasteiger charge is 2.23. The summed E-state index contributed by atoms with van der Waals surface area (Å²) < 4.78 is 22.7. The van der Waals surface area contributed by atoms with E-state index in [-0.39, 0.29) is 6.04 Å². The van der Waals surface area contributed by atoms with Gasteiger partial charge in [0.2, 0.25) is 0 Å². The van der Waals surface area contributed by atoms with Crippen LogP contribution in [0.25, 0.3) is 0 Å². The predicted octanol–water partition coefficient (Wildman–Crippen LogP) is 1.61. The highest BCUT2D eigenvalue weighted by Crippen LogP contribution is 2.19. The minimum absolute atomic E-state index is 0.321. The number of hydrogen-bond acceptors (Lipinski definition) is 4. The summed E-state index contributed by atoms with van der Waals surface area (Å²) in [5.74, 6) is 0. The molecule has 0 spiro atoms. The van der Waals surface area contributed by atoms with Crippen molar-refractivity contribution in [2.24, 2.45) is 5.73 Å². The van der Waals surface area contributed by atoms with E-state index in [1.807, 2.05) is 6.07 Å². The van der Waals surface area contributed by atoms with Crippen LogP contribution in [0.4, 0.5) is 0 Å². The quantitative estimate of drug-likeness (QED) is 0.876. The second-order valence-corrected chi connectivity index (χ2v) is 7.78. The molecule has 0 amide bonds. The maximum atomic E-state index is 11.3. The largest absolute Gasteiger partial charge is 0.326 e. The maximum absolute atomic E-state index is 11.3. The van der Waals surface area contributed by atoms with Crippen molar-refractivity contribution in [3.05, 3.63) is 21.9 Å². The molecule has 0 bridgehead atoms. The van der Waals surface area contributed by atoms with Gasteiger partial charge in [-0.3, -0.25) is 0 Å². The third-order valence-electron chi connectivity index (χ3n) is 2.78. The topological polar surface area (TPSA) is 60.2 Å². The minimum atomic E-state index is -3.04. The van der Waals surface area contributed by atoms with E-state index >= 15 is 0 Å². The zero-order chi connectivity index (χ0) is 12.3. The molecule has 16 heavy (non-hydrogen) atoms. The molecule has 0 saturated heterocycles. The zero-order valence-electron chi connectivity index (χ0n) is 9.93. The van der Waals surface area contributed by atoms with Gasteiger partial charge in [-0.1, -0.05) is 6.92 Å². The lowest BCUT2D eigenvalue weighted by Crippen LogP contribution is -2.39. The van der Waals surface area contributed by atoms with Crippen LogP contribution in [-0.4, -0.2) is 26.0 Å². The Morgan fingerprint density at radius 2 is 1.94 bits per heavy atom. The van der Waals surface area contributed by atoms with Gasteiger partial charge in [0.05, 0.1) is 5.25 Å². The van der Waals surface area contributed by atoms with Gasteiger partial charge in [-0.05, 0) is 31.9 Å². The molecule has 0 aliphatic rings. The Balaban J connectivity index is 2.67. The summed E-state index contributed by atoms with van der Waals surface area (Å²) in [6.07, 6.45) is 2.89. The van der Waals surface area contributed by atoms with Crippen LogP contribution in [0.2, 0.25) is 0 Å². The first kappa shape index (κ1) is 13.7. The van der Waals surface area contributed by atoms with Gasteiger partial charge < -0.3 is 5.73 Å². The first-order chi connectivity index (χ1) is 7.34. The minimum Gasteiger partial charge on any atom is -0.326 e. The summed E-state index contributed by atoms with van der Waals surface area (Å²) in [5, 5.41) is -0.486. The van der Waals surface area contributed by atoms with Gasteiger partial charge in [-0.25, -0.2) is 8.42 Å². The summed E-state index contributed by atoms with van der Waals surface area (Å²) in [7, 11) is -3.04. The van der Waals surface area contributed by atoms with Crippen LogP contribution < -0.4 is 5.73 Å². The Morgan fingerprint density at radius 3 is 2.38 bits per heavy atom. The maximum Gasteiger partial charge on any atom is 0.151 e. The molecule has 5 heteroatoms. The van der Waals surface area contributed by atoms with Crippen LogP contribution in [0.5, 0.6) is 0 Å². The monoisotopic (exact) mass is 261 g/mol. The number of sulfone groups is 1. The smallest absolute Gasteiger partial charge is 0.151 e. The van der Waals surface area contributed by atoms with Crippen LogP contribution in [0.15, 0.2) is 12.1 Å². The molecule has 3 nitrogen and oxygen atoms in total. The Bertz CT molecular complexity index is 437. The highest BCUT2D eigenvalue weighted by atomic mass is 32.2. The standard InChI is InChI=1S/C11H19NO2S2/c1-4-9-5-6-10(15-9)7-11(12)8(2)16(3,13)14/h5-6,8,11H,4,7,12H2,1-3H3. The summed E-state index contributed by atoms with van der Waals surface area (Å²) >= 11 is 1.71. The van der Waals surface area contributed by atoms with Gasteiger partial charge in [-0.2, -0.15) is 0 Å². The molecular formula is C11H19NO2S2. The fourth-order valence-corrected chi connectivity index (χ4v) is 3.20. The van der Waals surface area contributed by atoms with Crippen LogP contribution in [0.1, 0.15) is 23.6 Å². The first-order valence-corrected chi connectivity index (χ1v) is 8.13. The van der Waals surface area contributed by atoms with Crippen LogP contribution >= 0.6 is 11.3 Å². The SMILES string of the molecule is CCc1ccc(CC(N)C(C)S(C)(=O)=O)s1. The van der Waals surface area contributed by atoms with Gasteiger partial charge >= 0.3 is 0 Å². The van der Waals surface area contributed by atoms with Crippen molar-refractivity contribution in [2.45, 2.75) is 38.0 Å². The normalized spacial score (nSPS) is 16.0. The van der Waals surface area contributed by atoms with Crippen molar-refractivity contribution in [1.29, 1.82) is 0 Å². The van der Waals surface area contributed by atoms with Gasteiger partial charge in [0.25, 0.3) is 0 Å². The van der Waals surface area contributed by atoms with Crippen molar-refractivity contribution in [2.75, 3.05) is 6.26 Å². The van der Waals surface area contributed by atoms with E-state index in [0.29, 0.717) is 6.42 Å². The first-order valence-electron chi connectivity index (χ1n) is 5.36. The Hall–Kier alpha value is -0.390. The van der Waals surface area contributed by atoms with Gasteiger partial charge in [0.1, 0.15) is 0 Å². The van der Waals surface area contributed by atoms with E-state index in [2.05, 4.69) is 13.0 Å². The van der Waals surface area contributed by atoms with Crippen molar-refractivity contribution in [3.8, 4) is 0 Å². The Kier molecular flexibility index (Phi) is 4.52. The van der Waals surface area contributed by atoms with E-state index < -0.39 is 15.1 Å². The number of nitrogens with two attached hydrogens (primary N) is 1. The predicted molar refractivity (Wildman–Crippen MR) is 69.7 cm³/mol. The molecule has 1 heterocycles. The van der Waals surface area contributed by atoms with E-state index in [0.717, 1.165) is 6.42 Å². The molecule has 2 N–H and O–H groups in total. The number of hydrogen-bond donors (Lipinski definition) is 1. The molecule has 0 aliphatic heterocycles. The fourth-order valence-electron chi connectivity index (χ4n) is 1.44. The molecule has 0 saturated carbocycles. The van der Waals surface area contributed by atoms with Crippen LogP contribution in [-0.2, 0) is 22.7 Å². The second kappa shape index (κ2) is 5.29. The highest BCUT2D eigenvalue weighted by molar-refractivity contribution is 7.91. The summed E-state index contributed by atoms with van der Waals surface area (Å²) in [5.41, 5.74) is 5.91. The van der Waals surface area contributed by atoms with E-state index in [9.17, 15) is 8.42 Å². The molecule has 2 atom stereocenters. The number of aryl methyl sites for hydroxylation is 1. The fraction of sp³-hybridized carbons (Fsp3) is 0.636. The molecule has 0 aliphatic carbocycles. The van der Waals surface area contributed by atoms with Crippen LogP contribution in [0.3, 0.4) is 0 Å². The second-order valence-electron chi connectivity index (χ2n) is 4.12. The average molecular weight is 261 g/mol. The van der Waals surface area contributed by atoms with Gasteiger partial charge in [-0.15, -0.1) is 11.3 Å². The molecule has 1 aromatic heterocycles. The van der Waals surface area contributed by atoms with Crippen molar-refractivity contribution < 1.29 is 8.42 Å². The number of thiophene rings is 1. The van der Waals surface area contributed by atoms with E-state index in [1.165, 1.54) is 16.0 Å². The lowest BCUT2D eigenvalue weighted by molar-refractivity contribution is 0.563. The molecule has 0 radical (unpaired) electrons. The van der Waals surface area contributed by atoms with E-state index in [4.69, 9.17) is 5.73 Å². The van der Waals surface area contributed by atoms with Gasteiger partial charge in [0, 0.05) is 22.1 Å². The lowest BCUT2D eigenvalue weighted by atomic mass is 10.1. The van der Waals surface area contributed by atoms with Crippen molar-refractivity contribution >= 4 is 21.2 Å². The number of rotatable bonds is 5. The Labute approximate surface area is 102 Å². The lowest BCUT2D eigenvalue weighted by Gasteiger charge is -2.17. The van der Waals surface area contributed by atoms with Crippen molar-refractivity contribution in [3.63, 3.8) is 0 Å². The third-order valence-corrected chi connectivity index (χ3v) is 5.73. The van der Waals surface area contributed by atoms with E-state index in [1.54, 1.807) is 18.3 Å². The molecular weight excluding hydrogens is 242 g/mol. The molecule has 1 aromatic rings. The summed E-state index contributed by atoms with van der Waals surface area (Å²) in [6.45, 7) is 3.78.